The fourth-order valence-corrected chi connectivity index (χ4v) is 3.59. The molecule has 2 heterocycles. The molecule has 2 aromatic carbocycles. The van der Waals surface area contributed by atoms with Crippen LogP contribution in [0.1, 0.15) is 0 Å². The first-order valence-corrected chi connectivity index (χ1v) is 9.06. The summed E-state index contributed by atoms with van der Waals surface area (Å²) >= 11 is 3.52. The highest BCUT2D eigenvalue weighted by atomic mass is 79.9. The van der Waals surface area contributed by atoms with Gasteiger partial charge in [0.15, 0.2) is 0 Å². The number of nitrogens with zero attached hydrogens (tertiary/aromatic N) is 5. The normalized spacial score (nSPS) is 14.7. The van der Waals surface area contributed by atoms with E-state index in [1.807, 2.05) is 30.3 Å². The first kappa shape index (κ1) is 16.7. The lowest BCUT2D eigenvalue weighted by Crippen LogP contribution is -2.46. The number of nitro benzene ring substituents is 1. The molecule has 0 unspecified atom stereocenters. The third-order valence-electron chi connectivity index (χ3n) is 4.58. The van der Waals surface area contributed by atoms with Crippen molar-refractivity contribution in [2.75, 3.05) is 36.0 Å². The van der Waals surface area contributed by atoms with E-state index < -0.39 is 0 Å². The van der Waals surface area contributed by atoms with Gasteiger partial charge in [-0.15, -0.1) is 0 Å². The van der Waals surface area contributed by atoms with Crippen LogP contribution < -0.4 is 9.80 Å². The lowest BCUT2D eigenvalue weighted by molar-refractivity contribution is -0.384. The first-order chi connectivity index (χ1) is 12.6. The van der Waals surface area contributed by atoms with Crippen LogP contribution in [0.2, 0.25) is 0 Å². The van der Waals surface area contributed by atoms with Gasteiger partial charge < -0.3 is 9.80 Å². The summed E-state index contributed by atoms with van der Waals surface area (Å²) in [5.41, 5.74) is 2.05. The largest absolute Gasteiger partial charge is 0.368 e. The molecule has 1 saturated heterocycles. The molecule has 0 N–H and O–H groups in total. The van der Waals surface area contributed by atoms with Crippen molar-refractivity contribution in [2.45, 2.75) is 0 Å². The van der Waals surface area contributed by atoms with Gasteiger partial charge in [0.1, 0.15) is 12.1 Å². The van der Waals surface area contributed by atoms with Crippen LogP contribution in [0.4, 0.5) is 17.2 Å². The number of nitro groups is 1. The smallest absolute Gasteiger partial charge is 0.269 e. The highest BCUT2D eigenvalue weighted by Gasteiger charge is 2.20. The average molecular weight is 414 g/mol. The topological polar surface area (TPSA) is 75.4 Å². The summed E-state index contributed by atoms with van der Waals surface area (Å²) in [5, 5.41) is 11.8. The first-order valence-electron chi connectivity index (χ1n) is 8.26. The van der Waals surface area contributed by atoms with Gasteiger partial charge in [-0.2, -0.15) is 0 Å². The highest BCUT2D eigenvalue weighted by Crippen LogP contribution is 2.28. The predicted octanol–water partition coefficient (Wildman–Crippen LogP) is 3.63. The average Bonchev–Trinajstić information content (AvgIpc) is 2.68. The Bertz CT molecular complexity index is 955. The van der Waals surface area contributed by atoms with Gasteiger partial charge in [0, 0.05) is 53.9 Å². The van der Waals surface area contributed by atoms with E-state index in [4.69, 9.17) is 0 Å². The number of hydrogen-bond donors (Lipinski definition) is 0. The number of non-ortho nitro benzene ring substituents is 1. The highest BCUT2D eigenvalue weighted by molar-refractivity contribution is 9.10. The molecule has 132 valence electrons. The van der Waals surface area contributed by atoms with Crippen molar-refractivity contribution in [3.05, 3.63) is 63.4 Å². The third kappa shape index (κ3) is 3.20. The zero-order valence-electron chi connectivity index (χ0n) is 13.9. The van der Waals surface area contributed by atoms with Gasteiger partial charge in [-0.1, -0.05) is 15.9 Å². The molecule has 0 spiro atoms. The zero-order valence-corrected chi connectivity index (χ0v) is 15.5. The standard InChI is InChI=1S/C18H16BrN5O2/c19-13-1-6-17-16(11-13)18(21-12-20-17)23-9-7-22(8-10-23)14-2-4-15(5-3-14)24(25)26/h1-6,11-12H,7-10H2. The molecule has 7 nitrogen and oxygen atoms in total. The second kappa shape index (κ2) is 6.87. The number of anilines is 2. The van der Waals surface area contributed by atoms with Crippen molar-refractivity contribution in [1.29, 1.82) is 0 Å². The summed E-state index contributed by atoms with van der Waals surface area (Å²) in [6, 6.07) is 12.7. The molecule has 3 aromatic rings. The lowest BCUT2D eigenvalue weighted by Gasteiger charge is -2.37. The summed E-state index contributed by atoms with van der Waals surface area (Å²) in [6.07, 6.45) is 1.61. The van der Waals surface area contributed by atoms with E-state index in [0.29, 0.717) is 0 Å². The van der Waals surface area contributed by atoms with E-state index in [2.05, 4.69) is 35.7 Å². The van der Waals surface area contributed by atoms with Crippen LogP contribution in [0, 0.1) is 10.1 Å². The Kier molecular flexibility index (Phi) is 4.42. The van der Waals surface area contributed by atoms with Crippen molar-refractivity contribution >= 4 is 44.0 Å². The number of aromatic nitrogens is 2. The molecule has 0 radical (unpaired) electrons. The molecule has 1 aromatic heterocycles. The Morgan fingerprint density at radius 3 is 2.35 bits per heavy atom. The molecule has 4 rings (SSSR count). The fourth-order valence-electron chi connectivity index (χ4n) is 3.23. The predicted molar refractivity (Wildman–Crippen MR) is 105 cm³/mol. The molecule has 0 saturated carbocycles. The van der Waals surface area contributed by atoms with Crippen LogP contribution in [-0.4, -0.2) is 41.1 Å². The summed E-state index contributed by atoms with van der Waals surface area (Å²) < 4.78 is 1.01. The minimum Gasteiger partial charge on any atom is -0.368 e. The number of halogens is 1. The number of rotatable bonds is 3. The van der Waals surface area contributed by atoms with E-state index >= 15 is 0 Å². The quantitative estimate of drug-likeness (QED) is 0.481. The van der Waals surface area contributed by atoms with Gasteiger partial charge in [0.05, 0.1) is 10.4 Å². The summed E-state index contributed by atoms with van der Waals surface area (Å²) in [4.78, 5) is 23.8. The van der Waals surface area contributed by atoms with Crippen LogP contribution >= 0.6 is 15.9 Å². The molecule has 0 bridgehead atoms. The van der Waals surface area contributed by atoms with Gasteiger partial charge in [0.2, 0.25) is 0 Å². The molecule has 8 heteroatoms. The van der Waals surface area contributed by atoms with E-state index in [0.717, 1.165) is 53.1 Å². The molecule has 1 aliphatic heterocycles. The number of hydrogen-bond acceptors (Lipinski definition) is 6. The Labute approximate surface area is 158 Å². The van der Waals surface area contributed by atoms with Crippen LogP contribution in [-0.2, 0) is 0 Å². The van der Waals surface area contributed by atoms with E-state index in [1.165, 1.54) is 0 Å². The molecule has 0 atom stereocenters. The molecule has 0 aliphatic carbocycles. The molecule has 1 fully saturated rings. The van der Waals surface area contributed by atoms with Crippen molar-refractivity contribution in [1.82, 2.24) is 9.97 Å². The monoisotopic (exact) mass is 413 g/mol. The maximum Gasteiger partial charge on any atom is 0.269 e. The van der Waals surface area contributed by atoms with Crippen LogP contribution in [0.3, 0.4) is 0 Å². The van der Waals surface area contributed by atoms with Gasteiger partial charge >= 0.3 is 0 Å². The van der Waals surface area contributed by atoms with Crippen LogP contribution in [0.25, 0.3) is 10.9 Å². The van der Waals surface area contributed by atoms with E-state index in [-0.39, 0.29) is 10.6 Å². The lowest BCUT2D eigenvalue weighted by atomic mass is 10.2. The third-order valence-corrected chi connectivity index (χ3v) is 5.07. The van der Waals surface area contributed by atoms with Crippen molar-refractivity contribution < 1.29 is 4.92 Å². The Hall–Kier alpha value is -2.74. The number of benzene rings is 2. The van der Waals surface area contributed by atoms with Crippen molar-refractivity contribution in [2.24, 2.45) is 0 Å². The van der Waals surface area contributed by atoms with Gasteiger partial charge in [-0.05, 0) is 30.3 Å². The summed E-state index contributed by atoms with van der Waals surface area (Å²) in [7, 11) is 0. The van der Waals surface area contributed by atoms with E-state index in [1.54, 1.807) is 18.5 Å². The van der Waals surface area contributed by atoms with Gasteiger partial charge in [-0.3, -0.25) is 10.1 Å². The fraction of sp³-hybridized carbons (Fsp3) is 0.222. The zero-order chi connectivity index (χ0) is 18.1. The minimum absolute atomic E-state index is 0.116. The summed E-state index contributed by atoms with van der Waals surface area (Å²) in [5.74, 6) is 0.944. The summed E-state index contributed by atoms with van der Waals surface area (Å²) in [6.45, 7) is 3.32. The van der Waals surface area contributed by atoms with Crippen molar-refractivity contribution in [3.63, 3.8) is 0 Å². The van der Waals surface area contributed by atoms with Crippen LogP contribution in [0.15, 0.2) is 53.3 Å². The number of fused-ring (bicyclic) bond motifs is 1. The molecular weight excluding hydrogens is 398 g/mol. The molecule has 26 heavy (non-hydrogen) atoms. The Balaban J connectivity index is 1.52. The van der Waals surface area contributed by atoms with E-state index in [9.17, 15) is 10.1 Å². The Morgan fingerprint density at radius 1 is 0.962 bits per heavy atom. The Morgan fingerprint density at radius 2 is 1.65 bits per heavy atom. The SMILES string of the molecule is O=[N+]([O-])c1ccc(N2CCN(c3ncnc4ccc(Br)cc34)CC2)cc1. The maximum absolute atomic E-state index is 10.8. The number of piperazine rings is 1. The van der Waals surface area contributed by atoms with Gasteiger partial charge in [-0.25, -0.2) is 9.97 Å². The van der Waals surface area contributed by atoms with Crippen LogP contribution in [0.5, 0.6) is 0 Å². The second-order valence-electron chi connectivity index (χ2n) is 6.11. The molecule has 0 amide bonds. The molecule has 1 aliphatic rings. The minimum atomic E-state index is -0.375. The van der Waals surface area contributed by atoms with Crippen molar-refractivity contribution in [3.8, 4) is 0 Å². The van der Waals surface area contributed by atoms with Gasteiger partial charge in [0.25, 0.3) is 5.69 Å². The maximum atomic E-state index is 10.8. The second-order valence-corrected chi connectivity index (χ2v) is 7.02. The molecular formula is C18H16BrN5O2.